The first-order valence-corrected chi connectivity index (χ1v) is 8.77. The number of rotatable bonds is 4. The third kappa shape index (κ3) is 3.39. The molecular formula is C19H21N5O2. The molecule has 26 heavy (non-hydrogen) atoms. The van der Waals surface area contributed by atoms with Crippen molar-refractivity contribution in [2.24, 2.45) is 0 Å². The lowest BCUT2D eigenvalue weighted by atomic mass is 10.2. The van der Waals surface area contributed by atoms with E-state index in [0.717, 1.165) is 37.3 Å². The Morgan fingerprint density at radius 3 is 2.62 bits per heavy atom. The molecule has 7 nitrogen and oxygen atoms in total. The van der Waals surface area contributed by atoms with E-state index < -0.39 is 0 Å². The Hall–Kier alpha value is -2.93. The lowest BCUT2D eigenvalue weighted by Gasteiger charge is -2.36. The summed E-state index contributed by atoms with van der Waals surface area (Å²) in [6.07, 6.45) is 1.67. The summed E-state index contributed by atoms with van der Waals surface area (Å²) in [4.78, 5) is 25.4. The fraction of sp³-hybridized carbons (Fsp3) is 0.316. The summed E-state index contributed by atoms with van der Waals surface area (Å²) in [5.74, 6) is 0.536. The summed E-state index contributed by atoms with van der Waals surface area (Å²) in [5.41, 5.74) is 1.67. The van der Waals surface area contributed by atoms with Crippen LogP contribution in [0.1, 0.15) is 6.92 Å². The maximum atomic E-state index is 12.4. The highest BCUT2D eigenvalue weighted by molar-refractivity contribution is 5.93. The van der Waals surface area contributed by atoms with Crippen LogP contribution in [0.2, 0.25) is 0 Å². The van der Waals surface area contributed by atoms with Crippen molar-refractivity contribution in [2.45, 2.75) is 13.0 Å². The summed E-state index contributed by atoms with van der Waals surface area (Å²) in [6, 6.07) is 13.7. The molecule has 1 amide bonds. The van der Waals surface area contributed by atoms with E-state index in [1.807, 2.05) is 43.3 Å². The Kier molecular flexibility index (Phi) is 4.53. The average molecular weight is 351 g/mol. The molecule has 1 atom stereocenters. The second kappa shape index (κ2) is 7.13. The molecule has 4 rings (SSSR count). The van der Waals surface area contributed by atoms with Crippen LogP contribution in [-0.2, 0) is 4.79 Å². The van der Waals surface area contributed by atoms with Gasteiger partial charge in [-0.25, -0.2) is 4.98 Å². The van der Waals surface area contributed by atoms with Crippen LogP contribution in [0, 0.1) is 0 Å². The number of anilines is 2. The molecule has 3 heterocycles. The third-order valence-electron chi connectivity index (χ3n) is 4.71. The van der Waals surface area contributed by atoms with E-state index in [2.05, 4.69) is 25.1 Å². The summed E-state index contributed by atoms with van der Waals surface area (Å²) in [6.45, 7) is 5.01. The first-order chi connectivity index (χ1) is 12.7. The topological polar surface area (TPSA) is 74.5 Å². The molecule has 1 aromatic carbocycles. The monoisotopic (exact) mass is 351 g/mol. The van der Waals surface area contributed by atoms with Crippen molar-refractivity contribution in [2.75, 3.05) is 36.4 Å². The van der Waals surface area contributed by atoms with Crippen LogP contribution in [0.3, 0.4) is 0 Å². The molecule has 1 aliphatic rings. The van der Waals surface area contributed by atoms with Crippen LogP contribution in [0.25, 0.3) is 11.1 Å². The molecule has 7 heteroatoms. The van der Waals surface area contributed by atoms with Crippen molar-refractivity contribution in [3.8, 4) is 0 Å². The molecule has 1 fully saturated rings. The standard InChI is InChI=1S/C19H21N5O2/c1-14(18(25)22-17-8-4-5-9-20-17)23-10-12-24(13-11-23)19-21-15-6-2-3-7-16(15)26-19/h2-9,14H,10-13H2,1H3,(H,20,22,25). The lowest BCUT2D eigenvalue weighted by molar-refractivity contribution is -0.120. The minimum atomic E-state index is -0.220. The van der Waals surface area contributed by atoms with E-state index in [9.17, 15) is 4.79 Å². The Morgan fingerprint density at radius 1 is 1.12 bits per heavy atom. The number of benzene rings is 1. The fourth-order valence-electron chi connectivity index (χ4n) is 3.13. The number of amides is 1. The van der Waals surface area contributed by atoms with Gasteiger partial charge >= 0.3 is 0 Å². The van der Waals surface area contributed by atoms with Gasteiger partial charge in [0, 0.05) is 32.4 Å². The van der Waals surface area contributed by atoms with E-state index >= 15 is 0 Å². The zero-order valence-electron chi connectivity index (χ0n) is 14.6. The number of oxazole rings is 1. The summed E-state index contributed by atoms with van der Waals surface area (Å²) >= 11 is 0. The Bertz CT molecular complexity index is 854. The normalized spacial score (nSPS) is 16.6. The molecule has 0 aliphatic carbocycles. The van der Waals surface area contributed by atoms with Gasteiger partial charge < -0.3 is 14.6 Å². The van der Waals surface area contributed by atoms with Crippen molar-refractivity contribution in [1.29, 1.82) is 0 Å². The maximum absolute atomic E-state index is 12.4. The molecule has 0 radical (unpaired) electrons. The minimum Gasteiger partial charge on any atom is -0.423 e. The number of para-hydroxylation sites is 2. The van der Waals surface area contributed by atoms with Gasteiger partial charge in [0.05, 0.1) is 6.04 Å². The van der Waals surface area contributed by atoms with Crippen LogP contribution in [0.15, 0.2) is 53.1 Å². The van der Waals surface area contributed by atoms with Crippen molar-refractivity contribution in [1.82, 2.24) is 14.9 Å². The van der Waals surface area contributed by atoms with E-state index in [1.165, 1.54) is 0 Å². The van der Waals surface area contributed by atoms with E-state index in [-0.39, 0.29) is 11.9 Å². The van der Waals surface area contributed by atoms with Gasteiger partial charge in [-0.15, -0.1) is 0 Å². The molecular weight excluding hydrogens is 330 g/mol. The number of hydrogen-bond donors (Lipinski definition) is 1. The summed E-state index contributed by atoms with van der Waals surface area (Å²) in [5, 5.41) is 2.86. The lowest BCUT2D eigenvalue weighted by Crippen LogP contribution is -2.53. The zero-order chi connectivity index (χ0) is 17.9. The molecule has 0 bridgehead atoms. The van der Waals surface area contributed by atoms with Gasteiger partial charge in [-0.1, -0.05) is 18.2 Å². The third-order valence-corrected chi connectivity index (χ3v) is 4.71. The predicted molar refractivity (Wildman–Crippen MR) is 100 cm³/mol. The van der Waals surface area contributed by atoms with Gasteiger partial charge in [0.15, 0.2) is 5.58 Å². The SMILES string of the molecule is CC(C(=O)Nc1ccccn1)N1CCN(c2nc3ccccc3o2)CC1. The van der Waals surface area contributed by atoms with Gasteiger partial charge in [0.2, 0.25) is 5.91 Å². The van der Waals surface area contributed by atoms with Gasteiger partial charge in [-0.2, -0.15) is 4.98 Å². The van der Waals surface area contributed by atoms with Crippen LogP contribution in [0.5, 0.6) is 0 Å². The molecule has 0 saturated carbocycles. The van der Waals surface area contributed by atoms with Crippen LogP contribution < -0.4 is 10.2 Å². The number of piperazine rings is 1. The molecule has 134 valence electrons. The highest BCUT2D eigenvalue weighted by atomic mass is 16.4. The number of carbonyl (C=O) groups excluding carboxylic acids is 1. The summed E-state index contributed by atoms with van der Waals surface area (Å²) < 4.78 is 5.84. The van der Waals surface area contributed by atoms with Gasteiger partial charge in [-0.05, 0) is 31.2 Å². The Morgan fingerprint density at radius 2 is 1.88 bits per heavy atom. The number of hydrogen-bond acceptors (Lipinski definition) is 6. The minimum absolute atomic E-state index is 0.0426. The quantitative estimate of drug-likeness (QED) is 0.778. The van der Waals surface area contributed by atoms with Gasteiger partial charge in [0.1, 0.15) is 11.3 Å². The maximum Gasteiger partial charge on any atom is 0.298 e. The fourth-order valence-corrected chi connectivity index (χ4v) is 3.13. The number of nitrogens with one attached hydrogen (secondary N) is 1. The second-order valence-electron chi connectivity index (χ2n) is 6.37. The van der Waals surface area contributed by atoms with Crippen LogP contribution in [-0.4, -0.2) is 53.0 Å². The molecule has 1 N–H and O–H groups in total. The molecule has 2 aromatic heterocycles. The van der Waals surface area contributed by atoms with Gasteiger partial charge in [-0.3, -0.25) is 9.69 Å². The number of fused-ring (bicyclic) bond motifs is 1. The molecule has 1 aliphatic heterocycles. The Labute approximate surface area is 151 Å². The summed E-state index contributed by atoms with van der Waals surface area (Å²) in [7, 11) is 0. The highest BCUT2D eigenvalue weighted by Gasteiger charge is 2.27. The van der Waals surface area contributed by atoms with Crippen molar-refractivity contribution < 1.29 is 9.21 Å². The largest absolute Gasteiger partial charge is 0.423 e. The van der Waals surface area contributed by atoms with E-state index in [0.29, 0.717) is 11.8 Å². The predicted octanol–water partition coefficient (Wildman–Crippen LogP) is 2.37. The second-order valence-corrected chi connectivity index (χ2v) is 6.37. The molecule has 3 aromatic rings. The number of nitrogens with zero attached hydrogens (tertiary/aromatic N) is 4. The number of pyridine rings is 1. The van der Waals surface area contributed by atoms with E-state index in [4.69, 9.17) is 4.42 Å². The first-order valence-electron chi connectivity index (χ1n) is 8.77. The van der Waals surface area contributed by atoms with Gasteiger partial charge in [0.25, 0.3) is 6.01 Å². The Balaban J connectivity index is 1.36. The van der Waals surface area contributed by atoms with Crippen molar-refractivity contribution in [3.63, 3.8) is 0 Å². The van der Waals surface area contributed by atoms with Crippen molar-refractivity contribution >= 4 is 28.8 Å². The van der Waals surface area contributed by atoms with Crippen LogP contribution >= 0.6 is 0 Å². The number of aromatic nitrogens is 2. The highest BCUT2D eigenvalue weighted by Crippen LogP contribution is 2.23. The smallest absolute Gasteiger partial charge is 0.298 e. The molecule has 0 spiro atoms. The van der Waals surface area contributed by atoms with Crippen molar-refractivity contribution in [3.05, 3.63) is 48.7 Å². The molecule has 1 unspecified atom stereocenters. The average Bonchev–Trinajstić information content (AvgIpc) is 3.12. The first kappa shape index (κ1) is 16.5. The van der Waals surface area contributed by atoms with E-state index in [1.54, 1.807) is 12.3 Å². The van der Waals surface area contributed by atoms with Crippen LogP contribution in [0.4, 0.5) is 11.8 Å². The zero-order valence-corrected chi connectivity index (χ0v) is 14.6. The molecule has 1 saturated heterocycles. The number of carbonyl (C=O) groups is 1.